The molecule has 0 radical (unpaired) electrons. The Morgan fingerprint density at radius 2 is 2.17 bits per heavy atom. The second-order valence-electron chi connectivity index (χ2n) is 6.27. The van der Waals surface area contributed by atoms with Crippen LogP contribution in [0.25, 0.3) is 0 Å². The summed E-state index contributed by atoms with van der Waals surface area (Å²) < 4.78 is 32.6. The molecular formula is C20H17F2N5O2. The third kappa shape index (κ3) is 4.79. The highest BCUT2D eigenvalue weighted by Gasteiger charge is 2.32. The lowest BCUT2D eigenvalue weighted by Crippen LogP contribution is -2.29. The molecule has 0 saturated heterocycles. The van der Waals surface area contributed by atoms with E-state index in [-0.39, 0.29) is 17.7 Å². The van der Waals surface area contributed by atoms with Gasteiger partial charge in [0.15, 0.2) is 0 Å². The van der Waals surface area contributed by atoms with Crippen LogP contribution in [0.5, 0.6) is 5.88 Å². The number of hydrazone groups is 1. The molecule has 1 aliphatic heterocycles. The number of nitriles is 1. The van der Waals surface area contributed by atoms with E-state index < -0.39 is 23.6 Å². The number of ether oxygens (including phenoxy) is 1. The van der Waals surface area contributed by atoms with Crippen molar-refractivity contribution < 1.29 is 18.3 Å². The maximum Gasteiger partial charge on any atom is 0.269 e. The highest BCUT2D eigenvalue weighted by atomic mass is 19.1. The molecule has 1 unspecified atom stereocenters. The third-order valence-corrected chi connectivity index (χ3v) is 4.23. The Hall–Kier alpha value is -3.67. The lowest BCUT2D eigenvalue weighted by Gasteiger charge is -2.22. The quantitative estimate of drug-likeness (QED) is 0.528. The molecule has 0 bridgehead atoms. The fourth-order valence-electron chi connectivity index (χ4n) is 2.77. The number of pyridine rings is 2. The van der Waals surface area contributed by atoms with E-state index in [9.17, 15) is 13.6 Å². The number of hydrogen-bond acceptors (Lipinski definition) is 6. The molecule has 9 heteroatoms. The van der Waals surface area contributed by atoms with Crippen LogP contribution in [0, 0.1) is 23.0 Å². The summed E-state index contributed by atoms with van der Waals surface area (Å²) in [4.78, 5) is 20.4. The van der Waals surface area contributed by atoms with E-state index in [4.69, 9.17) is 10.00 Å². The van der Waals surface area contributed by atoms with Crippen LogP contribution < -0.4 is 4.74 Å². The number of nitrogens with zero attached hydrogens (tertiary/aromatic N) is 5. The van der Waals surface area contributed by atoms with E-state index in [0.717, 1.165) is 17.3 Å². The molecule has 1 atom stereocenters. The Morgan fingerprint density at radius 3 is 2.86 bits per heavy atom. The Bertz CT molecular complexity index is 985. The first-order chi connectivity index (χ1) is 14.0. The summed E-state index contributed by atoms with van der Waals surface area (Å²) in [7, 11) is 0. The lowest BCUT2D eigenvalue weighted by atomic mass is 10.1. The predicted molar refractivity (Wildman–Crippen MR) is 99.7 cm³/mol. The van der Waals surface area contributed by atoms with Crippen LogP contribution in [-0.4, -0.2) is 33.7 Å². The van der Waals surface area contributed by atoms with Gasteiger partial charge in [0, 0.05) is 36.5 Å². The third-order valence-electron chi connectivity index (χ3n) is 4.23. The first-order valence-electron chi connectivity index (χ1n) is 8.83. The zero-order valence-corrected chi connectivity index (χ0v) is 15.4. The SMILES string of the molecule is C=C(CCCOc1ccc(C#N)cn1)C(=O)N1N=CCC1c1ncc(F)cc1F. The minimum atomic E-state index is -0.827. The fraction of sp³-hybridized carbons (Fsp3) is 0.250. The topological polar surface area (TPSA) is 91.5 Å². The van der Waals surface area contributed by atoms with E-state index in [1.165, 1.54) is 12.4 Å². The number of amides is 1. The van der Waals surface area contributed by atoms with Gasteiger partial charge in [0.2, 0.25) is 5.88 Å². The van der Waals surface area contributed by atoms with Gasteiger partial charge in [-0.3, -0.25) is 9.78 Å². The summed E-state index contributed by atoms with van der Waals surface area (Å²) in [5.41, 5.74) is 0.678. The number of halogens is 2. The van der Waals surface area contributed by atoms with Crippen LogP contribution in [0.15, 0.2) is 47.8 Å². The molecule has 3 heterocycles. The van der Waals surface area contributed by atoms with Crippen LogP contribution in [0.2, 0.25) is 0 Å². The number of carbonyl (C=O) groups is 1. The van der Waals surface area contributed by atoms with Crippen molar-refractivity contribution in [2.75, 3.05) is 6.61 Å². The zero-order chi connectivity index (χ0) is 20.8. The monoisotopic (exact) mass is 397 g/mol. The molecular weight excluding hydrogens is 380 g/mol. The van der Waals surface area contributed by atoms with Crippen molar-refractivity contribution in [2.24, 2.45) is 5.10 Å². The summed E-state index contributed by atoms with van der Waals surface area (Å²) in [6, 6.07) is 5.14. The Balaban J connectivity index is 1.53. The van der Waals surface area contributed by atoms with Crippen LogP contribution in [0.1, 0.15) is 36.6 Å². The van der Waals surface area contributed by atoms with Gasteiger partial charge in [-0.25, -0.2) is 18.8 Å². The molecule has 0 aliphatic carbocycles. The predicted octanol–water partition coefficient (Wildman–Crippen LogP) is 3.30. The van der Waals surface area contributed by atoms with Gasteiger partial charge in [0.25, 0.3) is 5.91 Å². The average Bonchev–Trinajstić information content (AvgIpc) is 3.20. The normalized spacial score (nSPS) is 15.2. The van der Waals surface area contributed by atoms with Crippen molar-refractivity contribution >= 4 is 12.1 Å². The smallest absolute Gasteiger partial charge is 0.269 e. The molecule has 148 valence electrons. The second kappa shape index (κ2) is 9.01. The summed E-state index contributed by atoms with van der Waals surface area (Å²) in [6.45, 7) is 4.08. The first kappa shape index (κ1) is 20.1. The van der Waals surface area contributed by atoms with E-state index in [1.54, 1.807) is 12.1 Å². The molecule has 0 saturated carbocycles. The highest BCUT2D eigenvalue weighted by Crippen LogP contribution is 2.30. The second-order valence-corrected chi connectivity index (χ2v) is 6.27. The van der Waals surface area contributed by atoms with Crippen molar-refractivity contribution in [3.8, 4) is 11.9 Å². The average molecular weight is 397 g/mol. The number of hydrogen-bond donors (Lipinski definition) is 0. The minimum absolute atomic E-state index is 0.0414. The minimum Gasteiger partial charge on any atom is -0.478 e. The molecule has 1 aliphatic rings. The summed E-state index contributed by atoms with van der Waals surface area (Å²) >= 11 is 0. The largest absolute Gasteiger partial charge is 0.478 e. The maximum atomic E-state index is 14.0. The highest BCUT2D eigenvalue weighted by molar-refractivity contribution is 5.94. The first-order valence-corrected chi connectivity index (χ1v) is 8.83. The van der Waals surface area contributed by atoms with E-state index >= 15 is 0 Å². The molecule has 0 spiro atoms. The van der Waals surface area contributed by atoms with E-state index in [2.05, 4.69) is 21.6 Å². The fourth-order valence-corrected chi connectivity index (χ4v) is 2.77. The van der Waals surface area contributed by atoms with Gasteiger partial charge >= 0.3 is 0 Å². The van der Waals surface area contributed by atoms with Gasteiger partial charge < -0.3 is 4.74 Å². The van der Waals surface area contributed by atoms with Gasteiger partial charge in [0.05, 0.1) is 18.4 Å². The van der Waals surface area contributed by atoms with Gasteiger partial charge in [-0.05, 0) is 18.9 Å². The van der Waals surface area contributed by atoms with Crippen molar-refractivity contribution in [1.29, 1.82) is 5.26 Å². The van der Waals surface area contributed by atoms with Gasteiger partial charge in [0.1, 0.15) is 29.4 Å². The van der Waals surface area contributed by atoms with E-state index in [1.807, 2.05) is 6.07 Å². The molecule has 2 aromatic heterocycles. The molecule has 0 aromatic carbocycles. The van der Waals surface area contributed by atoms with Crippen molar-refractivity contribution in [1.82, 2.24) is 15.0 Å². The lowest BCUT2D eigenvalue weighted by molar-refractivity contribution is -0.129. The van der Waals surface area contributed by atoms with E-state index in [0.29, 0.717) is 30.9 Å². The molecule has 1 amide bonds. The zero-order valence-electron chi connectivity index (χ0n) is 15.4. The summed E-state index contributed by atoms with van der Waals surface area (Å²) in [5.74, 6) is -1.69. The van der Waals surface area contributed by atoms with Gasteiger partial charge in [-0.2, -0.15) is 10.4 Å². The van der Waals surface area contributed by atoms with Crippen LogP contribution in [0.4, 0.5) is 8.78 Å². The van der Waals surface area contributed by atoms with Gasteiger partial charge in [-0.15, -0.1) is 0 Å². The Morgan fingerprint density at radius 1 is 1.34 bits per heavy atom. The number of carbonyl (C=O) groups excluding carboxylic acids is 1. The standard InChI is InChI=1S/C20H17F2N5O2/c1-13(3-2-8-29-18-5-4-14(10-23)11-24-18)20(28)27-17(6-7-26-27)19-16(22)9-15(21)12-25-19/h4-5,7,9,11-12,17H,1-3,6,8H2. The van der Waals surface area contributed by atoms with Crippen LogP contribution >= 0.6 is 0 Å². The summed E-state index contributed by atoms with van der Waals surface area (Å²) in [5, 5.41) is 13.9. The number of rotatable bonds is 7. The van der Waals surface area contributed by atoms with Gasteiger partial charge in [-0.1, -0.05) is 6.58 Å². The maximum absolute atomic E-state index is 14.0. The molecule has 0 N–H and O–H groups in total. The Kier molecular flexibility index (Phi) is 6.24. The molecule has 3 rings (SSSR count). The van der Waals surface area contributed by atoms with Crippen molar-refractivity contribution in [3.05, 3.63) is 65.6 Å². The number of aromatic nitrogens is 2. The molecule has 2 aromatic rings. The Labute approximate surface area is 166 Å². The van der Waals surface area contributed by atoms with Crippen LogP contribution in [-0.2, 0) is 4.79 Å². The summed E-state index contributed by atoms with van der Waals surface area (Å²) in [6.07, 6.45) is 4.92. The molecule has 7 nitrogen and oxygen atoms in total. The van der Waals surface area contributed by atoms with Crippen molar-refractivity contribution in [3.63, 3.8) is 0 Å². The molecule has 0 fully saturated rings. The van der Waals surface area contributed by atoms with Crippen molar-refractivity contribution in [2.45, 2.75) is 25.3 Å². The molecule has 29 heavy (non-hydrogen) atoms. The van der Waals surface area contributed by atoms with Crippen LogP contribution in [0.3, 0.4) is 0 Å².